The second-order valence-electron chi connectivity index (χ2n) is 5.15. The molecule has 1 N–H and O–H groups in total. The summed E-state index contributed by atoms with van der Waals surface area (Å²) in [6.07, 6.45) is 3.40. The predicted molar refractivity (Wildman–Crippen MR) is 77.1 cm³/mol. The van der Waals surface area contributed by atoms with Crippen molar-refractivity contribution in [1.82, 2.24) is 5.32 Å². The molecular formula is C16H25NO2. The predicted octanol–water partition coefficient (Wildman–Crippen LogP) is 2.61. The van der Waals surface area contributed by atoms with Gasteiger partial charge in [0, 0.05) is 33.0 Å². The Morgan fingerprint density at radius 2 is 1.95 bits per heavy atom. The number of hydrogen-bond acceptors (Lipinski definition) is 3. The van der Waals surface area contributed by atoms with E-state index in [1.54, 1.807) is 0 Å². The van der Waals surface area contributed by atoms with Crippen molar-refractivity contribution < 1.29 is 9.47 Å². The summed E-state index contributed by atoms with van der Waals surface area (Å²) in [5.74, 6) is 0.714. The summed E-state index contributed by atoms with van der Waals surface area (Å²) < 4.78 is 11.1. The van der Waals surface area contributed by atoms with E-state index in [2.05, 4.69) is 29.6 Å². The van der Waals surface area contributed by atoms with Crippen LogP contribution in [0, 0.1) is 5.92 Å². The Morgan fingerprint density at radius 3 is 2.74 bits per heavy atom. The van der Waals surface area contributed by atoms with E-state index in [-0.39, 0.29) is 0 Å². The van der Waals surface area contributed by atoms with E-state index in [9.17, 15) is 0 Å². The van der Waals surface area contributed by atoms with Crippen LogP contribution >= 0.6 is 0 Å². The fourth-order valence-corrected chi connectivity index (χ4v) is 2.29. The molecule has 0 unspecified atom stereocenters. The second-order valence-corrected chi connectivity index (χ2v) is 5.15. The van der Waals surface area contributed by atoms with Crippen molar-refractivity contribution in [2.24, 2.45) is 5.92 Å². The Balaban J connectivity index is 1.42. The molecule has 3 nitrogen and oxygen atoms in total. The summed E-state index contributed by atoms with van der Waals surface area (Å²) in [5, 5.41) is 3.44. The largest absolute Gasteiger partial charge is 0.381 e. The maximum atomic E-state index is 5.73. The molecule has 0 radical (unpaired) electrons. The molecule has 0 saturated carbocycles. The van der Waals surface area contributed by atoms with E-state index in [0.29, 0.717) is 5.92 Å². The Bertz CT molecular complexity index is 323. The van der Waals surface area contributed by atoms with Crippen molar-refractivity contribution >= 4 is 0 Å². The first kappa shape index (κ1) is 14.5. The van der Waals surface area contributed by atoms with Crippen LogP contribution in [0.15, 0.2) is 30.3 Å². The van der Waals surface area contributed by atoms with Crippen LogP contribution in [0.5, 0.6) is 0 Å². The quantitative estimate of drug-likeness (QED) is 0.731. The number of benzene rings is 1. The van der Waals surface area contributed by atoms with Gasteiger partial charge in [-0.2, -0.15) is 0 Å². The molecule has 1 heterocycles. The van der Waals surface area contributed by atoms with Crippen molar-refractivity contribution in [2.75, 3.05) is 33.0 Å². The zero-order valence-electron chi connectivity index (χ0n) is 11.6. The summed E-state index contributed by atoms with van der Waals surface area (Å²) >= 11 is 0. The van der Waals surface area contributed by atoms with Gasteiger partial charge in [-0.3, -0.25) is 0 Å². The van der Waals surface area contributed by atoms with Gasteiger partial charge in [0.15, 0.2) is 0 Å². The molecule has 106 valence electrons. The topological polar surface area (TPSA) is 30.5 Å². The van der Waals surface area contributed by atoms with Crippen LogP contribution in [0.25, 0.3) is 0 Å². The number of hydrogen-bond donors (Lipinski definition) is 1. The lowest BCUT2D eigenvalue weighted by Gasteiger charge is -2.21. The summed E-state index contributed by atoms with van der Waals surface area (Å²) in [6, 6.07) is 10.5. The molecule has 0 spiro atoms. The lowest BCUT2D eigenvalue weighted by atomic mass is 10.0. The SMILES string of the molecule is c1ccc(CNCCCOCC2CCOCC2)cc1. The van der Waals surface area contributed by atoms with E-state index in [4.69, 9.17) is 9.47 Å². The highest BCUT2D eigenvalue weighted by Crippen LogP contribution is 2.14. The van der Waals surface area contributed by atoms with Gasteiger partial charge in [0.2, 0.25) is 0 Å². The molecule has 19 heavy (non-hydrogen) atoms. The van der Waals surface area contributed by atoms with Gasteiger partial charge >= 0.3 is 0 Å². The third-order valence-electron chi connectivity index (χ3n) is 3.51. The van der Waals surface area contributed by atoms with Crippen LogP contribution in [0.4, 0.5) is 0 Å². The lowest BCUT2D eigenvalue weighted by Crippen LogP contribution is -2.21. The Hall–Kier alpha value is -0.900. The molecule has 1 fully saturated rings. The molecule has 0 aromatic heterocycles. The zero-order chi connectivity index (χ0) is 13.2. The van der Waals surface area contributed by atoms with E-state index < -0.39 is 0 Å². The van der Waals surface area contributed by atoms with E-state index in [1.165, 1.54) is 5.56 Å². The highest BCUT2D eigenvalue weighted by atomic mass is 16.5. The molecular weight excluding hydrogens is 238 g/mol. The van der Waals surface area contributed by atoms with Crippen LogP contribution in [-0.2, 0) is 16.0 Å². The van der Waals surface area contributed by atoms with Crippen LogP contribution in [0.3, 0.4) is 0 Å². The molecule has 0 amide bonds. The lowest BCUT2D eigenvalue weighted by molar-refractivity contribution is 0.0202. The highest BCUT2D eigenvalue weighted by Gasteiger charge is 2.13. The first-order valence-electron chi connectivity index (χ1n) is 7.35. The van der Waals surface area contributed by atoms with Crippen LogP contribution in [0.1, 0.15) is 24.8 Å². The Morgan fingerprint density at radius 1 is 1.16 bits per heavy atom. The number of ether oxygens (including phenoxy) is 2. The van der Waals surface area contributed by atoms with Gasteiger partial charge in [-0.05, 0) is 37.3 Å². The minimum atomic E-state index is 0.714. The van der Waals surface area contributed by atoms with Gasteiger partial charge in [0.1, 0.15) is 0 Å². The Kier molecular flexibility index (Phi) is 6.93. The fourth-order valence-electron chi connectivity index (χ4n) is 2.29. The zero-order valence-corrected chi connectivity index (χ0v) is 11.6. The van der Waals surface area contributed by atoms with Crippen molar-refractivity contribution in [1.29, 1.82) is 0 Å². The summed E-state index contributed by atoms with van der Waals surface area (Å²) in [4.78, 5) is 0. The first-order valence-corrected chi connectivity index (χ1v) is 7.35. The summed E-state index contributed by atoms with van der Waals surface area (Å²) in [7, 11) is 0. The van der Waals surface area contributed by atoms with Gasteiger partial charge in [-0.15, -0.1) is 0 Å². The fraction of sp³-hybridized carbons (Fsp3) is 0.625. The van der Waals surface area contributed by atoms with Crippen LogP contribution in [0.2, 0.25) is 0 Å². The third kappa shape index (κ3) is 6.19. The molecule has 1 saturated heterocycles. The molecule has 0 bridgehead atoms. The average Bonchev–Trinajstić information content (AvgIpc) is 2.48. The maximum Gasteiger partial charge on any atom is 0.0495 e. The number of rotatable bonds is 8. The summed E-state index contributed by atoms with van der Waals surface area (Å²) in [6.45, 7) is 5.55. The molecule has 0 aliphatic carbocycles. The molecule has 1 aliphatic heterocycles. The standard InChI is InChI=1S/C16H25NO2/c1-2-5-15(6-3-1)13-17-9-4-10-19-14-16-7-11-18-12-8-16/h1-3,5-6,16-17H,4,7-14H2. The average molecular weight is 263 g/mol. The summed E-state index contributed by atoms with van der Waals surface area (Å²) in [5.41, 5.74) is 1.34. The first-order chi connectivity index (χ1) is 9.45. The molecule has 3 heteroatoms. The normalized spacial score (nSPS) is 16.6. The van der Waals surface area contributed by atoms with Crippen molar-refractivity contribution in [2.45, 2.75) is 25.8 Å². The van der Waals surface area contributed by atoms with Crippen LogP contribution < -0.4 is 5.32 Å². The molecule has 1 aromatic carbocycles. The Labute approximate surface area is 116 Å². The highest BCUT2D eigenvalue weighted by molar-refractivity contribution is 5.14. The minimum Gasteiger partial charge on any atom is -0.381 e. The van der Waals surface area contributed by atoms with E-state index in [0.717, 1.165) is 58.8 Å². The van der Waals surface area contributed by atoms with Crippen molar-refractivity contribution in [3.05, 3.63) is 35.9 Å². The van der Waals surface area contributed by atoms with Crippen molar-refractivity contribution in [3.8, 4) is 0 Å². The molecule has 1 aliphatic rings. The number of nitrogens with one attached hydrogen (secondary N) is 1. The van der Waals surface area contributed by atoms with Crippen LogP contribution in [-0.4, -0.2) is 33.0 Å². The van der Waals surface area contributed by atoms with E-state index in [1.807, 2.05) is 6.07 Å². The molecule has 0 atom stereocenters. The smallest absolute Gasteiger partial charge is 0.0495 e. The van der Waals surface area contributed by atoms with Gasteiger partial charge in [0.05, 0.1) is 0 Å². The second kappa shape index (κ2) is 9.08. The van der Waals surface area contributed by atoms with Gasteiger partial charge in [-0.1, -0.05) is 30.3 Å². The maximum absolute atomic E-state index is 5.73. The molecule has 1 aromatic rings. The van der Waals surface area contributed by atoms with Gasteiger partial charge in [0.25, 0.3) is 0 Å². The molecule has 2 rings (SSSR count). The van der Waals surface area contributed by atoms with Gasteiger partial charge < -0.3 is 14.8 Å². The third-order valence-corrected chi connectivity index (χ3v) is 3.51. The monoisotopic (exact) mass is 263 g/mol. The van der Waals surface area contributed by atoms with Crippen molar-refractivity contribution in [3.63, 3.8) is 0 Å². The minimum absolute atomic E-state index is 0.714. The van der Waals surface area contributed by atoms with E-state index >= 15 is 0 Å². The van der Waals surface area contributed by atoms with Gasteiger partial charge in [-0.25, -0.2) is 0 Å².